The van der Waals surface area contributed by atoms with Gasteiger partial charge in [-0.25, -0.2) is 13.4 Å². The fourth-order valence-electron chi connectivity index (χ4n) is 3.35. The van der Waals surface area contributed by atoms with Gasteiger partial charge in [-0.15, -0.1) is 22.7 Å². The van der Waals surface area contributed by atoms with E-state index in [0.29, 0.717) is 42.4 Å². The number of morpholine rings is 1. The molecule has 0 aliphatic carbocycles. The first-order valence-corrected chi connectivity index (χ1v) is 13.2. The Morgan fingerprint density at radius 1 is 1.16 bits per heavy atom. The van der Waals surface area contributed by atoms with Gasteiger partial charge in [0.1, 0.15) is 9.88 Å². The number of hydrogen-bond acceptors (Lipinski definition) is 7. The van der Waals surface area contributed by atoms with E-state index >= 15 is 0 Å². The van der Waals surface area contributed by atoms with E-state index in [9.17, 15) is 13.2 Å². The van der Waals surface area contributed by atoms with Crippen molar-refractivity contribution in [2.45, 2.75) is 19.2 Å². The number of carbonyl (C=O) groups is 1. The second kappa shape index (κ2) is 9.58. The molecule has 2 aromatic heterocycles. The summed E-state index contributed by atoms with van der Waals surface area (Å²) in [7, 11) is -3.44. The average Bonchev–Trinajstić information content (AvgIpc) is 3.43. The van der Waals surface area contributed by atoms with Crippen LogP contribution in [0.3, 0.4) is 0 Å². The number of ether oxygens (including phenoxy) is 1. The third-order valence-electron chi connectivity index (χ3n) is 4.99. The van der Waals surface area contributed by atoms with Crippen molar-refractivity contribution in [3.05, 3.63) is 63.5 Å². The normalized spacial score (nSPS) is 15.1. The number of thiophene rings is 1. The molecule has 1 aliphatic rings. The monoisotopic (exact) mass is 477 g/mol. The molecule has 4 rings (SSSR count). The predicted molar refractivity (Wildman–Crippen MR) is 123 cm³/mol. The lowest BCUT2D eigenvalue weighted by Crippen LogP contribution is -2.41. The number of aromatic nitrogens is 1. The molecule has 1 aliphatic heterocycles. The van der Waals surface area contributed by atoms with Gasteiger partial charge >= 0.3 is 0 Å². The van der Waals surface area contributed by atoms with Crippen molar-refractivity contribution >= 4 is 38.6 Å². The molecule has 0 radical (unpaired) electrons. The van der Waals surface area contributed by atoms with Gasteiger partial charge in [-0.05, 0) is 29.5 Å². The van der Waals surface area contributed by atoms with Crippen LogP contribution in [-0.4, -0.2) is 49.9 Å². The summed E-state index contributed by atoms with van der Waals surface area (Å²) in [6, 6.07) is 11.2. The number of amides is 1. The van der Waals surface area contributed by atoms with E-state index in [0.717, 1.165) is 15.4 Å². The maximum absolute atomic E-state index is 12.8. The number of aryl methyl sites for hydroxylation is 1. The smallest absolute Gasteiger partial charge is 0.263 e. The van der Waals surface area contributed by atoms with Gasteiger partial charge in [0.05, 0.1) is 29.5 Å². The molecule has 1 aromatic carbocycles. The molecule has 0 bridgehead atoms. The summed E-state index contributed by atoms with van der Waals surface area (Å²) in [5, 5.41) is 5.74. The van der Waals surface area contributed by atoms with Gasteiger partial charge in [0.15, 0.2) is 0 Å². The largest absolute Gasteiger partial charge is 0.379 e. The maximum atomic E-state index is 12.8. The number of nitrogens with zero attached hydrogens (tertiary/aromatic N) is 2. The summed E-state index contributed by atoms with van der Waals surface area (Å²) in [6.07, 6.45) is 0. The summed E-state index contributed by atoms with van der Waals surface area (Å²) < 4.78 is 32.3. The van der Waals surface area contributed by atoms with Gasteiger partial charge in [-0.1, -0.05) is 30.3 Å². The van der Waals surface area contributed by atoms with Crippen molar-refractivity contribution in [1.29, 1.82) is 0 Å². The van der Waals surface area contributed by atoms with Crippen LogP contribution in [0.25, 0.3) is 9.88 Å². The molecule has 3 aromatic rings. The number of thiazole rings is 1. The van der Waals surface area contributed by atoms with E-state index in [2.05, 4.69) is 10.3 Å². The quantitative estimate of drug-likeness (QED) is 0.564. The van der Waals surface area contributed by atoms with Crippen LogP contribution in [0.15, 0.2) is 41.8 Å². The zero-order valence-corrected chi connectivity index (χ0v) is 19.5. The van der Waals surface area contributed by atoms with E-state index in [4.69, 9.17) is 4.74 Å². The number of benzene rings is 1. The Labute approximate surface area is 189 Å². The number of hydrogen-bond donors (Lipinski definition) is 1. The summed E-state index contributed by atoms with van der Waals surface area (Å²) in [4.78, 5) is 18.9. The Kier molecular flexibility index (Phi) is 6.83. The molecular formula is C21H23N3O4S3. The van der Waals surface area contributed by atoms with Gasteiger partial charge in [0.25, 0.3) is 5.91 Å². The highest BCUT2D eigenvalue weighted by atomic mass is 32.2. The average molecular weight is 478 g/mol. The standard InChI is InChI=1S/C21H23N3O4S3/c1-15-19(30-21(23-15)18-7-4-12-29-18)20(25)22-13-16-5-2-3-6-17(16)14-31(26,27)24-8-10-28-11-9-24/h2-7,12H,8-11,13-14H2,1H3,(H,22,25). The number of sulfonamides is 1. The van der Waals surface area contributed by atoms with Crippen LogP contribution in [-0.2, 0) is 27.1 Å². The first kappa shape index (κ1) is 22.1. The van der Waals surface area contributed by atoms with Gasteiger partial charge < -0.3 is 10.1 Å². The molecule has 31 heavy (non-hydrogen) atoms. The highest BCUT2D eigenvalue weighted by Crippen LogP contribution is 2.31. The van der Waals surface area contributed by atoms with E-state index in [1.165, 1.54) is 15.6 Å². The molecule has 0 saturated carbocycles. The zero-order valence-electron chi connectivity index (χ0n) is 17.0. The number of carbonyl (C=O) groups excluding carboxylic acids is 1. The summed E-state index contributed by atoms with van der Waals surface area (Å²) in [6.45, 7) is 3.65. The topological polar surface area (TPSA) is 88.6 Å². The first-order valence-electron chi connectivity index (χ1n) is 9.86. The number of nitrogens with one attached hydrogen (secondary N) is 1. The minimum absolute atomic E-state index is 0.0961. The Bertz CT molecular complexity index is 1150. The van der Waals surface area contributed by atoms with Gasteiger partial charge in [-0.3, -0.25) is 4.79 Å². The summed E-state index contributed by atoms with van der Waals surface area (Å²) in [5.41, 5.74) is 2.16. The van der Waals surface area contributed by atoms with Gasteiger partial charge in [0.2, 0.25) is 10.0 Å². The lowest BCUT2D eigenvalue weighted by atomic mass is 10.1. The summed E-state index contributed by atoms with van der Waals surface area (Å²) in [5.74, 6) is -0.301. The van der Waals surface area contributed by atoms with E-state index < -0.39 is 10.0 Å². The Hall–Kier alpha value is -2.11. The van der Waals surface area contributed by atoms with E-state index in [1.807, 2.05) is 42.6 Å². The second-order valence-corrected chi connectivity index (χ2v) is 11.0. The molecule has 0 atom stereocenters. The molecule has 164 valence electrons. The van der Waals surface area contributed by atoms with E-state index in [-0.39, 0.29) is 18.2 Å². The highest BCUT2D eigenvalue weighted by molar-refractivity contribution is 7.88. The fraction of sp³-hybridized carbons (Fsp3) is 0.333. The van der Waals surface area contributed by atoms with Crippen LogP contribution in [0.2, 0.25) is 0 Å². The molecule has 10 heteroatoms. The highest BCUT2D eigenvalue weighted by Gasteiger charge is 2.25. The second-order valence-electron chi connectivity index (χ2n) is 7.13. The zero-order chi connectivity index (χ0) is 21.8. The molecule has 0 unspecified atom stereocenters. The van der Waals surface area contributed by atoms with Crippen LogP contribution in [0.5, 0.6) is 0 Å². The molecule has 1 fully saturated rings. The van der Waals surface area contributed by atoms with Crippen LogP contribution in [0.1, 0.15) is 26.5 Å². The van der Waals surface area contributed by atoms with Crippen LogP contribution >= 0.6 is 22.7 Å². The Morgan fingerprint density at radius 3 is 2.61 bits per heavy atom. The van der Waals surface area contributed by atoms with Crippen LogP contribution in [0, 0.1) is 6.92 Å². The molecule has 1 saturated heterocycles. The third kappa shape index (κ3) is 5.21. The van der Waals surface area contributed by atoms with Crippen molar-refractivity contribution in [2.75, 3.05) is 26.3 Å². The van der Waals surface area contributed by atoms with Crippen molar-refractivity contribution in [2.24, 2.45) is 0 Å². The minimum Gasteiger partial charge on any atom is -0.379 e. The maximum Gasteiger partial charge on any atom is 0.263 e. The Morgan fingerprint density at radius 2 is 1.90 bits per heavy atom. The number of rotatable bonds is 7. The third-order valence-corrected chi connectivity index (χ3v) is 9.02. The van der Waals surface area contributed by atoms with Crippen molar-refractivity contribution in [3.63, 3.8) is 0 Å². The first-order chi connectivity index (χ1) is 14.9. The fourth-order valence-corrected chi connectivity index (χ4v) is 6.69. The van der Waals surface area contributed by atoms with Crippen molar-refractivity contribution in [3.8, 4) is 9.88 Å². The lowest BCUT2D eigenvalue weighted by Gasteiger charge is -2.26. The molecular weight excluding hydrogens is 454 g/mol. The Balaban J connectivity index is 1.45. The predicted octanol–water partition coefficient (Wildman–Crippen LogP) is 3.27. The molecule has 7 nitrogen and oxygen atoms in total. The molecule has 1 amide bonds. The van der Waals surface area contributed by atoms with Gasteiger partial charge in [-0.2, -0.15) is 4.31 Å². The van der Waals surface area contributed by atoms with Crippen LogP contribution < -0.4 is 5.32 Å². The van der Waals surface area contributed by atoms with Crippen LogP contribution in [0.4, 0.5) is 0 Å². The van der Waals surface area contributed by atoms with Crippen molar-refractivity contribution < 1.29 is 17.9 Å². The lowest BCUT2D eigenvalue weighted by molar-refractivity contribution is 0.0729. The van der Waals surface area contributed by atoms with E-state index in [1.54, 1.807) is 17.4 Å². The minimum atomic E-state index is -3.44. The molecule has 1 N–H and O–H groups in total. The van der Waals surface area contributed by atoms with Gasteiger partial charge in [0, 0.05) is 19.6 Å². The summed E-state index contributed by atoms with van der Waals surface area (Å²) >= 11 is 2.95. The van der Waals surface area contributed by atoms with Crippen molar-refractivity contribution in [1.82, 2.24) is 14.6 Å². The molecule has 3 heterocycles. The SMILES string of the molecule is Cc1nc(-c2cccs2)sc1C(=O)NCc1ccccc1CS(=O)(=O)N1CCOCC1. The molecule has 0 spiro atoms.